The molecule has 0 aliphatic carbocycles. The van der Waals surface area contributed by atoms with E-state index in [2.05, 4.69) is 6.07 Å². The molecule has 3 rings (SSSR count). The van der Waals surface area contributed by atoms with Gasteiger partial charge in [0.2, 0.25) is 0 Å². The van der Waals surface area contributed by atoms with Gasteiger partial charge in [-0.2, -0.15) is 0 Å². The van der Waals surface area contributed by atoms with Crippen LogP contribution >= 0.6 is 0 Å². The molecule has 2 aromatic rings. The van der Waals surface area contributed by atoms with Crippen LogP contribution in [0.15, 0.2) is 48.5 Å². The summed E-state index contributed by atoms with van der Waals surface area (Å²) in [5, 5.41) is 9.29. The van der Waals surface area contributed by atoms with E-state index in [1.165, 1.54) is 5.56 Å². The average molecular weight is 297 g/mol. The third-order valence-corrected chi connectivity index (χ3v) is 3.91. The lowest BCUT2D eigenvalue weighted by Gasteiger charge is -2.29. The van der Waals surface area contributed by atoms with Crippen LogP contribution in [0.3, 0.4) is 0 Å². The fourth-order valence-corrected chi connectivity index (χ4v) is 2.79. The average Bonchev–Trinajstić information content (AvgIpc) is 2.59. The number of para-hydroxylation sites is 2. The molecule has 1 aliphatic rings. The Morgan fingerprint density at radius 3 is 2.77 bits per heavy atom. The van der Waals surface area contributed by atoms with Crippen LogP contribution in [0.2, 0.25) is 0 Å². The number of amides is 1. The molecule has 0 fully saturated rings. The van der Waals surface area contributed by atoms with Crippen LogP contribution in [-0.4, -0.2) is 24.2 Å². The first kappa shape index (κ1) is 14.6. The second-order valence-electron chi connectivity index (χ2n) is 5.33. The number of aliphatic hydroxyl groups is 1. The number of hydrogen-bond donors (Lipinski definition) is 1. The Balaban J connectivity index is 1.71. The normalized spacial score (nSPS) is 13.6. The number of fused-ring (bicyclic) bond motifs is 1. The van der Waals surface area contributed by atoms with E-state index in [1.54, 1.807) is 17.0 Å². The van der Waals surface area contributed by atoms with Gasteiger partial charge in [0.15, 0.2) is 6.61 Å². The maximum atomic E-state index is 12.5. The topological polar surface area (TPSA) is 49.8 Å². The number of carbonyl (C=O) groups excluding carboxylic acids is 1. The number of nitrogens with zero attached hydrogens (tertiary/aromatic N) is 1. The minimum Gasteiger partial charge on any atom is -0.483 e. The molecular weight excluding hydrogens is 278 g/mol. The summed E-state index contributed by atoms with van der Waals surface area (Å²) in [6.45, 7) is 0.600. The summed E-state index contributed by atoms with van der Waals surface area (Å²) in [5.74, 6) is 0.503. The zero-order valence-corrected chi connectivity index (χ0v) is 12.4. The Kier molecular flexibility index (Phi) is 4.39. The Morgan fingerprint density at radius 1 is 1.14 bits per heavy atom. The molecule has 4 heteroatoms. The van der Waals surface area contributed by atoms with Crippen LogP contribution in [-0.2, 0) is 17.8 Å². The molecule has 0 unspecified atom stereocenters. The molecule has 0 aromatic heterocycles. The third kappa shape index (κ3) is 2.97. The molecule has 0 bridgehead atoms. The van der Waals surface area contributed by atoms with Crippen LogP contribution in [0.5, 0.6) is 5.75 Å². The maximum Gasteiger partial charge on any atom is 0.264 e. The Hall–Kier alpha value is -2.33. The molecule has 22 heavy (non-hydrogen) atoms. The van der Waals surface area contributed by atoms with Crippen molar-refractivity contribution >= 4 is 11.6 Å². The molecule has 1 aliphatic heterocycles. The second-order valence-corrected chi connectivity index (χ2v) is 5.33. The molecule has 1 amide bonds. The highest BCUT2D eigenvalue weighted by Crippen LogP contribution is 2.27. The third-order valence-electron chi connectivity index (χ3n) is 3.91. The van der Waals surface area contributed by atoms with Crippen molar-refractivity contribution in [2.24, 2.45) is 0 Å². The zero-order valence-electron chi connectivity index (χ0n) is 12.4. The SMILES string of the molecule is O=C(COc1ccccc1CO)N1CCCc2ccccc21. The molecule has 2 aromatic carbocycles. The van der Waals surface area contributed by atoms with E-state index in [4.69, 9.17) is 4.74 Å². The van der Waals surface area contributed by atoms with E-state index >= 15 is 0 Å². The first-order chi connectivity index (χ1) is 10.8. The number of hydrogen-bond acceptors (Lipinski definition) is 3. The van der Waals surface area contributed by atoms with Gasteiger partial charge in [-0.05, 0) is 30.5 Å². The van der Waals surface area contributed by atoms with Crippen molar-refractivity contribution in [2.75, 3.05) is 18.1 Å². The van der Waals surface area contributed by atoms with E-state index in [-0.39, 0.29) is 19.1 Å². The summed E-state index contributed by atoms with van der Waals surface area (Å²) < 4.78 is 5.61. The van der Waals surface area contributed by atoms with Crippen LogP contribution in [0.4, 0.5) is 5.69 Å². The van der Waals surface area contributed by atoms with Crippen LogP contribution in [0.25, 0.3) is 0 Å². The zero-order chi connectivity index (χ0) is 15.4. The molecule has 0 saturated carbocycles. The minimum atomic E-state index is -0.100. The van der Waals surface area contributed by atoms with Crippen molar-refractivity contribution in [3.8, 4) is 5.75 Å². The molecule has 4 nitrogen and oxygen atoms in total. The number of aryl methyl sites for hydroxylation is 1. The van der Waals surface area contributed by atoms with Gasteiger partial charge < -0.3 is 14.7 Å². The largest absolute Gasteiger partial charge is 0.483 e. The summed E-state index contributed by atoms with van der Waals surface area (Å²) in [7, 11) is 0. The Labute approximate surface area is 130 Å². The van der Waals surface area contributed by atoms with Gasteiger partial charge in [0.1, 0.15) is 5.75 Å². The number of anilines is 1. The molecule has 0 radical (unpaired) electrons. The maximum absolute atomic E-state index is 12.5. The predicted molar refractivity (Wildman–Crippen MR) is 85.0 cm³/mol. The van der Waals surface area contributed by atoms with E-state index in [1.807, 2.05) is 30.3 Å². The summed E-state index contributed by atoms with van der Waals surface area (Å²) in [6, 6.07) is 15.2. The van der Waals surface area contributed by atoms with Gasteiger partial charge in [0.25, 0.3) is 5.91 Å². The standard InChI is InChI=1S/C18H19NO3/c20-12-15-7-2-4-10-17(15)22-13-18(21)19-11-5-8-14-6-1-3-9-16(14)19/h1-4,6-7,9-10,20H,5,8,11-13H2. The quantitative estimate of drug-likeness (QED) is 0.943. The van der Waals surface area contributed by atoms with Crippen LogP contribution in [0, 0.1) is 0 Å². The number of rotatable bonds is 4. The molecule has 1 N–H and O–H groups in total. The number of aliphatic hydroxyl groups excluding tert-OH is 1. The van der Waals surface area contributed by atoms with Crippen LogP contribution < -0.4 is 9.64 Å². The van der Waals surface area contributed by atoms with Crippen molar-refractivity contribution in [1.29, 1.82) is 0 Å². The number of ether oxygens (including phenoxy) is 1. The monoisotopic (exact) mass is 297 g/mol. The van der Waals surface area contributed by atoms with Gasteiger partial charge in [0.05, 0.1) is 6.61 Å². The summed E-state index contributed by atoms with van der Waals surface area (Å²) in [6.07, 6.45) is 1.98. The fourth-order valence-electron chi connectivity index (χ4n) is 2.79. The van der Waals surface area contributed by atoms with E-state index in [9.17, 15) is 9.90 Å². The van der Waals surface area contributed by atoms with Gasteiger partial charge in [-0.1, -0.05) is 36.4 Å². The summed E-state index contributed by atoms with van der Waals surface area (Å²) in [4.78, 5) is 14.3. The smallest absolute Gasteiger partial charge is 0.264 e. The summed E-state index contributed by atoms with van der Waals surface area (Å²) >= 11 is 0. The lowest BCUT2D eigenvalue weighted by Crippen LogP contribution is -2.38. The van der Waals surface area contributed by atoms with Gasteiger partial charge >= 0.3 is 0 Å². The molecule has 1 heterocycles. The van der Waals surface area contributed by atoms with Gasteiger partial charge in [0, 0.05) is 17.8 Å². The Bertz CT molecular complexity index is 669. The van der Waals surface area contributed by atoms with Gasteiger partial charge in [-0.25, -0.2) is 0 Å². The van der Waals surface area contributed by atoms with Crippen LogP contribution in [0.1, 0.15) is 17.5 Å². The van der Waals surface area contributed by atoms with Crippen molar-refractivity contribution in [3.63, 3.8) is 0 Å². The van der Waals surface area contributed by atoms with E-state index < -0.39 is 0 Å². The predicted octanol–water partition coefficient (Wildman–Crippen LogP) is 2.54. The first-order valence-electron chi connectivity index (χ1n) is 7.49. The molecule has 114 valence electrons. The van der Waals surface area contributed by atoms with Crippen molar-refractivity contribution in [3.05, 3.63) is 59.7 Å². The number of benzene rings is 2. The summed E-state index contributed by atoms with van der Waals surface area (Å²) in [5.41, 5.74) is 2.88. The molecule has 0 saturated heterocycles. The molecule has 0 atom stereocenters. The lowest BCUT2D eigenvalue weighted by molar-refractivity contribution is -0.120. The Morgan fingerprint density at radius 2 is 1.91 bits per heavy atom. The van der Waals surface area contributed by atoms with E-state index in [0.717, 1.165) is 25.1 Å². The molecule has 0 spiro atoms. The highest BCUT2D eigenvalue weighted by molar-refractivity contribution is 5.95. The molecular formula is C18H19NO3. The van der Waals surface area contributed by atoms with Crippen molar-refractivity contribution in [1.82, 2.24) is 0 Å². The number of carbonyl (C=O) groups is 1. The lowest BCUT2D eigenvalue weighted by atomic mass is 10.0. The second kappa shape index (κ2) is 6.62. The first-order valence-corrected chi connectivity index (χ1v) is 7.49. The fraction of sp³-hybridized carbons (Fsp3) is 0.278. The minimum absolute atomic E-state index is 0.0225. The van der Waals surface area contributed by atoms with Crippen molar-refractivity contribution < 1.29 is 14.6 Å². The van der Waals surface area contributed by atoms with E-state index in [0.29, 0.717) is 11.3 Å². The van der Waals surface area contributed by atoms with Gasteiger partial charge in [-0.15, -0.1) is 0 Å². The van der Waals surface area contributed by atoms with Crippen molar-refractivity contribution in [2.45, 2.75) is 19.4 Å². The highest BCUT2D eigenvalue weighted by Gasteiger charge is 2.22. The van der Waals surface area contributed by atoms with Gasteiger partial charge in [-0.3, -0.25) is 4.79 Å². The highest BCUT2D eigenvalue weighted by atomic mass is 16.5.